The second kappa shape index (κ2) is 5.97. The second-order valence-corrected chi connectivity index (χ2v) is 7.37. The molecule has 1 aliphatic heterocycles. The summed E-state index contributed by atoms with van der Waals surface area (Å²) in [5, 5.41) is 4.93. The highest BCUT2D eigenvalue weighted by Gasteiger charge is 2.45. The van der Waals surface area contributed by atoms with Crippen LogP contribution in [0.2, 0.25) is 0 Å². The van der Waals surface area contributed by atoms with Crippen LogP contribution >= 0.6 is 0 Å². The van der Waals surface area contributed by atoms with Crippen molar-refractivity contribution in [1.29, 1.82) is 0 Å². The van der Waals surface area contributed by atoms with Crippen LogP contribution in [0.1, 0.15) is 32.1 Å². The highest BCUT2D eigenvalue weighted by atomic mass is 32.2. The fraction of sp³-hybridized carbons (Fsp3) is 0.917. The molecule has 5 N–H and O–H groups in total. The van der Waals surface area contributed by atoms with Gasteiger partial charge in [0.1, 0.15) is 0 Å². The largest absolute Gasteiger partial charge is 0.342 e. The zero-order valence-corrected chi connectivity index (χ0v) is 12.5. The van der Waals surface area contributed by atoms with Gasteiger partial charge in [0, 0.05) is 26.2 Å². The molecule has 116 valence electrons. The molecule has 7 nitrogen and oxygen atoms in total. The summed E-state index contributed by atoms with van der Waals surface area (Å²) in [5.74, 6) is 0.271. The number of rotatable bonds is 5. The Morgan fingerprint density at radius 1 is 1.35 bits per heavy atom. The molecule has 1 amide bonds. The Morgan fingerprint density at radius 3 is 2.55 bits per heavy atom. The van der Waals surface area contributed by atoms with Crippen molar-refractivity contribution in [2.75, 3.05) is 26.2 Å². The van der Waals surface area contributed by atoms with Gasteiger partial charge in [-0.15, -0.1) is 0 Å². The fourth-order valence-corrected chi connectivity index (χ4v) is 3.56. The third kappa shape index (κ3) is 3.49. The Balaban J connectivity index is 1.91. The maximum absolute atomic E-state index is 12.6. The summed E-state index contributed by atoms with van der Waals surface area (Å²) < 4.78 is 24.2. The summed E-state index contributed by atoms with van der Waals surface area (Å²) in [6.45, 7) is 2.02. The zero-order chi connectivity index (χ0) is 14.8. The summed E-state index contributed by atoms with van der Waals surface area (Å²) in [7, 11) is -3.66. The van der Waals surface area contributed by atoms with E-state index in [0.717, 1.165) is 38.6 Å². The number of carbonyl (C=O) groups is 1. The number of piperidine rings is 1. The molecule has 1 atom stereocenters. The standard InChI is InChI=1S/C12H24N4O3S/c13-9-12(4-2-5-12)11(17)16-6-1-3-10(8-16)7-15-20(14,18)19/h10,15H,1-9,13H2,(H2,14,18,19). The Morgan fingerprint density at radius 2 is 2.05 bits per heavy atom. The van der Waals surface area contributed by atoms with Gasteiger partial charge in [-0.1, -0.05) is 6.42 Å². The number of likely N-dealkylation sites (tertiary alicyclic amines) is 1. The van der Waals surface area contributed by atoms with E-state index in [1.54, 1.807) is 0 Å². The van der Waals surface area contributed by atoms with E-state index < -0.39 is 10.2 Å². The van der Waals surface area contributed by atoms with E-state index in [1.807, 2.05) is 4.90 Å². The molecule has 8 heteroatoms. The molecule has 2 aliphatic rings. The van der Waals surface area contributed by atoms with E-state index in [9.17, 15) is 13.2 Å². The maximum atomic E-state index is 12.6. The van der Waals surface area contributed by atoms with Crippen molar-refractivity contribution >= 4 is 16.1 Å². The molecule has 20 heavy (non-hydrogen) atoms. The lowest BCUT2D eigenvalue weighted by Crippen LogP contribution is -2.55. The number of nitrogens with two attached hydrogens (primary N) is 2. The highest BCUT2D eigenvalue weighted by molar-refractivity contribution is 7.87. The number of nitrogens with one attached hydrogen (secondary N) is 1. The first-order valence-electron chi connectivity index (χ1n) is 7.13. The van der Waals surface area contributed by atoms with Gasteiger partial charge in [-0.3, -0.25) is 4.79 Å². The molecule has 1 aliphatic carbocycles. The van der Waals surface area contributed by atoms with Crippen molar-refractivity contribution in [3.63, 3.8) is 0 Å². The van der Waals surface area contributed by atoms with Gasteiger partial charge in [0.05, 0.1) is 5.41 Å². The average Bonchev–Trinajstić information content (AvgIpc) is 2.35. The lowest BCUT2D eigenvalue weighted by molar-refractivity contribution is -0.148. The van der Waals surface area contributed by atoms with Crippen molar-refractivity contribution in [3.8, 4) is 0 Å². The third-order valence-electron chi connectivity index (χ3n) is 4.53. The topological polar surface area (TPSA) is 119 Å². The van der Waals surface area contributed by atoms with Gasteiger partial charge >= 0.3 is 0 Å². The summed E-state index contributed by atoms with van der Waals surface area (Å²) >= 11 is 0. The van der Waals surface area contributed by atoms with E-state index in [2.05, 4.69) is 4.72 Å². The van der Waals surface area contributed by atoms with Crippen molar-refractivity contribution < 1.29 is 13.2 Å². The van der Waals surface area contributed by atoms with E-state index in [1.165, 1.54) is 0 Å². The fourth-order valence-electron chi connectivity index (χ4n) is 3.09. The predicted molar refractivity (Wildman–Crippen MR) is 75.8 cm³/mol. The van der Waals surface area contributed by atoms with Crippen molar-refractivity contribution in [3.05, 3.63) is 0 Å². The Labute approximate surface area is 120 Å². The number of amides is 1. The van der Waals surface area contributed by atoms with Gasteiger partial charge in [0.25, 0.3) is 10.2 Å². The van der Waals surface area contributed by atoms with Crippen LogP contribution in [-0.4, -0.2) is 45.4 Å². The van der Waals surface area contributed by atoms with Crippen LogP contribution in [0, 0.1) is 11.3 Å². The molecular weight excluding hydrogens is 280 g/mol. The Kier molecular flexibility index (Phi) is 4.68. The van der Waals surface area contributed by atoms with Crippen LogP contribution in [0.15, 0.2) is 0 Å². The Bertz CT molecular complexity index is 456. The van der Waals surface area contributed by atoms with Crippen LogP contribution in [-0.2, 0) is 15.0 Å². The van der Waals surface area contributed by atoms with Crippen LogP contribution < -0.4 is 15.6 Å². The monoisotopic (exact) mass is 304 g/mol. The molecule has 2 rings (SSSR count). The zero-order valence-electron chi connectivity index (χ0n) is 11.7. The molecule has 0 radical (unpaired) electrons. The van der Waals surface area contributed by atoms with E-state index >= 15 is 0 Å². The number of nitrogens with zero attached hydrogens (tertiary/aromatic N) is 1. The Hall–Kier alpha value is -0.700. The molecule has 2 fully saturated rings. The SMILES string of the molecule is NCC1(C(=O)N2CCCC(CNS(N)(=O)=O)C2)CCC1. The summed E-state index contributed by atoms with van der Waals surface area (Å²) in [6, 6.07) is 0. The van der Waals surface area contributed by atoms with Gasteiger partial charge in [-0.25, -0.2) is 9.86 Å². The number of hydrogen-bond acceptors (Lipinski definition) is 4. The van der Waals surface area contributed by atoms with Gasteiger partial charge in [-0.05, 0) is 31.6 Å². The molecule has 1 saturated carbocycles. The average molecular weight is 304 g/mol. The first-order valence-corrected chi connectivity index (χ1v) is 8.68. The minimum absolute atomic E-state index is 0.126. The van der Waals surface area contributed by atoms with Crippen LogP contribution in [0.3, 0.4) is 0 Å². The first kappa shape index (κ1) is 15.7. The van der Waals surface area contributed by atoms with Gasteiger partial charge < -0.3 is 10.6 Å². The minimum Gasteiger partial charge on any atom is -0.342 e. The quantitative estimate of drug-likeness (QED) is 0.613. The van der Waals surface area contributed by atoms with Gasteiger partial charge in [0.15, 0.2) is 0 Å². The predicted octanol–water partition coefficient (Wildman–Crippen LogP) is -0.853. The van der Waals surface area contributed by atoms with Crippen LogP contribution in [0.25, 0.3) is 0 Å². The smallest absolute Gasteiger partial charge is 0.274 e. The molecule has 0 aromatic heterocycles. The molecule has 0 bridgehead atoms. The number of carbonyl (C=O) groups excluding carboxylic acids is 1. The van der Waals surface area contributed by atoms with Gasteiger partial charge in [0.2, 0.25) is 5.91 Å². The lowest BCUT2D eigenvalue weighted by Gasteiger charge is -2.45. The number of hydrogen-bond donors (Lipinski definition) is 3. The van der Waals surface area contributed by atoms with Crippen LogP contribution in [0.4, 0.5) is 0 Å². The molecule has 1 saturated heterocycles. The van der Waals surface area contributed by atoms with Crippen molar-refractivity contribution in [1.82, 2.24) is 9.62 Å². The molecule has 1 unspecified atom stereocenters. The molecule has 0 spiro atoms. The summed E-state index contributed by atoms with van der Waals surface area (Å²) in [6.07, 6.45) is 4.61. The van der Waals surface area contributed by atoms with Crippen LogP contribution in [0.5, 0.6) is 0 Å². The van der Waals surface area contributed by atoms with E-state index in [-0.39, 0.29) is 23.8 Å². The first-order chi connectivity index (χ1) is 9.36. The third-order valence-corrected chi connectivity index (χ3v) is 5.10. The van der Waals surface area contributed by atoms with Gasteiger partial charge in [-0.2, -0.15) is 8.42 Å². The molecule has 0 aromatic rings. The second-order valence-electron chi connectivity index (χ2n) is 5.99. The van der Waals surface area contributed by atoms with E-state index in [0.29, 0.717) is 13.1 Å². The van der Waals surface area contributed by atoms with Crippen molar-refractivity contribution in [2.24, 2.45) is 22.2 Å². The summed E-state index contributed by atoms with van der Waals surface area (Å²) in [4.78, 5) is 14.4. The minimum atomic E-state index is -3.66. The normalized spacial score (nSPS) is 26.1. The molecule has 0 aromatic carbocycles. The maximum Gasteiger partial charge on any atom is 0.274 e. The van der Waals surface area contributed by atoms with Crippen molar-refractivity contribution in [2.45, 2.75) is 32.1 Å². The highest BCUT2D eigenvalue weighted by Crippen LogP contribution is 2.42. The summed E-state index contributed by atoms with van der Waals surface area (Å²) in [5.41, 5.74) is 5.42. The van der Waals surface area contributed by atoms with E-state index in [4.69, 9.17) is 10.9 Å². The molecule has 1 heterocycles. The lowest BCUT2D eigenvalue weighted by atomic mass is 9.67. The molecular formula is C12H24N4O3S.